The lowest BCUT2D eigenvalue weighted by atomic mass is 11.5. The number of halogens is 1. The van der Waals surface area contributed by atoms with E-state index in [1.165, 1.54) is 6.92 Å². The number of carbonyl (C=O) groups is 1. The van der Waals surface area contributed by atoms with E-state index in [-0.39, 0.29) is 0 Å². The van der Waals surface area contributed by atoms with Gasteiger partial charge >= 0.3 is 5.97 Å². The summed E-state index contributed by atoms with van der Waals surface area (Å²) in [5, 5.41) is 7.10. The van der Waals surface area contributed by atoms with Gasteiger partial charge in [0.15, 0.2) is 0 Å². The molecule has 3 heteroatoms. The lowest BCUT2D eigenvalue weighted by Crippen LogP contribution is -2.06. The largest absolute Gasteiger partial charge is 0.480 e. The molecule has 2 nitrogen and oxygen atoms in total. The molecule has 1 N–H and O–H groups in total. The molecular weight excluding hydrogens is 106 g/mol. The lowest BCUT2D eigenvalue weighted by molar-refractivity contribution is -0.136. The van der Waals surface area contributed by atoms with E-state index >= 15 is 0 Å². The number of hydrogen-bond donors (Lipinski definition) is 1. The van der Waals surface area contributed by atoms with Crippen molar-refractivity contribution in [3.63, 3.8) is 0 Å². The maximum absolute atomic E-state index is 9.57. The van der Waals surface area contributed by atoms with Gasteiger partial charge in [-0.15, -0.1) is 11.6 Å². The van der Waals surface area contributed by atoms with E-state index in [4.69, 9.17) is 16.7 Å². The van der Waals surface area contributed by atoms with Gasteiger partial charge in [0.25, 0.3) is 0 Å². The first-order valence-electron chi connectivity index (χ1n) is 1.51. The van der Waals surface area contributed by atoms with Crippen LogP contribution in [0.2, 0.25) is 0 Å². The van der Waals surface area contributed by atoms with Crippen molar-refractivity contribution < 1.29 is 9.90 Å². The first-order valence-corrected chi connectivity index (χ1v) is 1.95. The summed E-state index contributed by atoms with van der Waals surface area (Å²) in [5.41, 5.74) is 0. The molecule has 0 aromatic carbocycles. The number of rotatable bonds is 1. The normalized spacial score (nSPS) is 13.7. The Bertz CT molecular complexity index is 59.8. The first-order chi connectivity index (χ1) is 2.64. The third-order valence-corrected chi connectivity index (χ3v) is 0.527. The summed E-state index contributed by atoms with van der Waals surface area (Å²) in [7, 11) is 0. The van der Waals surface area contributed by atoms with Crippen LogP contribution in [0, 0.1) is 0 Å². The minimum atomic E-state index is -0.975. The molecule has 0 bridgehead atoms. The van der Waals surface area contributed by atoms with Crippen molar-refractivity contribution in [2.45, 2.75) is 12.3 Å². The van der Waals surface area contributed by atoms with Crippen molar-refractivity contribution in [3.05, 3.63) is 0 Å². The van der Waals surface area contributed by atoms with Crippen LogP contribution in [0.25, 0.3) is 0 Å². The van der Waals surface area contributed by atoms with Crippen molar-refractivity contribution in [1.29, 1.82) is 0 Å². The predicted molar refractivity (Wildman–Crippen MR) is 23.0 cm³/mol. The third kappa shape index (κ3) is 2.03. The highest BCUT2D eigenvalue weighted by atomic mass is 35.5. The van der Waals surface area contributed by atoms with Crippen molar-refractivity contribution >= 4 is 17.6 Å². The lowest BCUT2D eigenvalue weighted by Gasteiger charge is -1.86. The van der Waals surface area contributed by atoms with E-state index in [1.54, 1.807) is 0 Å². The maximum Gasteiger partial charge on any atom is 0.321 e. The molecule has 6 heavy (non-hydrogen) atoms. The van der Waals surface area contributed by atoms with Crippen LogP contribution in [-0.4, -0.2) is 16.5 Å². The molecule has 36 valence electrons. The standard InChI is InChI=1S/C3H5ClO2/c1-2(4)3(5)6/h2H,1H3,(H,5,6)/i1+1,2+1,3+1. The Morgan fingerprint density at radius 3 is 2.17 bits per heavy atom. The average molecular weight is 112 g/mol. The monoisotopic (exact) mass is 111 g/mol. The zero-order valence-corrected chi connectivity index (χ0v) is 4.07. The summed E-state index contributed by atoms with van der Waals surface area (Å²) in [4.78, 5) is 9.57. The number of carboxylic acid groups (broad SMARTS) is 1. The second kappa shape index (κ2) is 2.03. The zero-order chi connectivity index (χ0) is 5.15. The van der Waals surface area contributed by atoms with E-state index in [1.807, 2.05) is 0 Å². The second-order valence-electron chi connectivity index (χ2n) is 0.954. The van der Waals surface area contributed by atoms with Gasteiger partial charge in [0, 0.05) is 0 Å². The highest BCUT2D eigenvalue weighted by Crippen LogP contribution is 1.89. The molecule has 0 amide bonds. The SMILES string of the molecule is [13CH3][13CH](Cl)[13C](=O)O. The molecule has 0 saturated carbocycles. The van der Waals surface area contributed by atoms with Crippen LogP contribution in [-0.2, 0) is 4.79 Å². The van der Waals surface area contributed by atoms with E-state index in [0.717, 1.165) is 0 Å². The highest BCUT2D eigenvalue weighted by molar-refractivity contribution is 6.29. The van der Waals surface area contributed by atoms with Crippen LogP contribution in [0.5, 0.6) is 0 Å². The van der Waals surface area contributed by atoms with Gasteiger partial charge in [-0.1, -0.05) is 0 Å². The Morgan fingerprint density at radius 1 is 2.00 bits per heavy atom. The van der Waals surface area contributed by atoms with Gasteiger partial charge in [-0.3, -0.25) is 4.79 Å². The minimum absolute atomic E-state index is 0.759. The maximum atomic E-state index is 9.57. The van der Waals surface area contributed by atoms with E-state index in [0.29, 0.717) is 0 Å². The molecular formula is C3H5ClO2. The molecule has 0 radical (unpaired) electrons. The molecule has 0 spiro atoms. The summed E-state index contributed by atoms with van der Waals surface area (Å²) in [6, 6.07) is 0. The second-order valence-corrected chi connectivity index (χ2v) is 1.61. The zero-order valence-electron chi connectivity index (χ0n) is 3.31. The van der Waals surface area contributed by atoms with Crippen LogP contribution in [0.15, 0.2) is 0 Å². The predicted octanol–water partition coefficient (Wildman–Crippen LogP) is 0.698. The molecule has 1 atom stereocenters. The summed E-state index contributed by atoms with van der Waals surface area (Å²) in [6.07, 6.45) is 0. The molecule has 1 unspecified atom stereocenters. The Morgan fingerprint density at radius 2 is 2.17 bits per heavy atom. The van der Waals surface area contributed by atoms with Gasteiger partial charge in [0.05, 0.1) is 0 Å². The number of aliphatic carboxylic acids is 1. The van der Waals surface area contributed by atoms with E-state index in [9.17, 15) is 4.79 Å². The summed E-state index contributed by atoms with van der Waals surface area (Å²) >= 11 is 5.01. The fourth-order valence-corrected chi connectivity index (χ4v) is 0. The topological polar surface area (TPSA) is 37.3 Å². The number of alkyl halides is 1. The number of hydrogen-bond acceptors (Lipinski definition) is 1. The summed E-state index contributed by atoms with van der Waals surface area (Å²) in [6.45, 7) is 1.41. The Labute approximate surface area is 40.7 Å². The quantitative estimate of drug-likeness (QED) is 0.400. The number of carboxylic acids is 1. The van der Waals surface area contributed by atoms with Crippen LogP contribution in [0.3, 0.4) is 0 Å². The van der Waals surface area contributed by atoms with Gasteiger partial charge in [-0.2, -0.15) is 0 Å². The summed E-state index contributed by atoms with van der Waals surface area (Å²) < 4.78 is 0. The van der Waals surface area contributed by atoms with Gasteiger partial charge in [0.2, 0.25) is 0 Å². The molecule has 0 aliphatic rings. The van der Waals surface area contributed by atoms with Crippen molar-refractivity contribution in [1.82, 2.24) is 0 Å². The fourth-order valence-electron chi connectivity index (χ4n) is 0. The third-order valence-electron chi connectivity index (χ3n) is 0.340. The van der Waals surface area contributed by atoms with Gasteiger partial charge in [-0.25, -0.2) is 0 Å². The van der Waals surface area contributed by atoms with Crippen LogP contribution < -0.4 is 0 Å². The van der Waals surface area contributed by atoms with Crippen molar-refractivity contribution in [2.24, 2.45) is 0 Å². The molecule has 0 heterocycles. The molecule has 0 rings (SSSR count). The highest BCUT2D eigenvalue weighted by Gasteiger charge is 2.02. The Hall–Kier alpha value is -0.240. The van der Waals surface area contributed by atoms with Gasteiger partial charge in [0.1, 0.15) is 5.38 Å². The summed E-state index contributed by atoms with van der Waals surface area (Å²) in [5.74, 6) is -0.975. The van der Waals surface area contributed by atoms with Crippen LogP contribution in [0.4, 0.5) is 0 Å². The molecule has 0 aliphatic carbocycles. The smallest absolute Gasteiger partial charge is 0.321 e. The van der Waals surface area contributed by atoms with Crippen molar-refractivity contribution in [3.8, 4) is 0 Å². The molecule has 0 fully saturated rings. The molecule has 0 aliphatic heterocycles. The Balaban J connectivity index is 3.26. The van der Waals surface area contributed by atoms with E-state index in [2.05, 4.69) is 0 Å². The average Bonchev–Trinajstić information content (AvgIpc) is 1.36. The Kier molecular flexibility index (Phi) is 1.95. The molecule has 0 saturated heterocycles. The molecule has 0 aromatic rings. The van der Waals surface area contributed by atoms with Crippen LogP contribution >= 0.6 is 11.6 Å². The van der Waals surface area contributed by atoms with Crippen molar-refractivity contribution in [2.75, 3.05) is 0 Å². The van der Waals surface area contributed by atoms with Gasteiger partial charge in [-0.05, 0) is 6.92 Å². The fraction of sp³-hybridized carbons (Fsp3) is 0.667. The minimum Gasteiger partial charge on any atom is -0.480 e. The first kappa shape index (κ1) is 5.76. The van der Waals surface area contributed by atoms with Gasteiger partial charge < -0.3 is 5.11 Å². The van der Waals surface area contributed by atoms with E-state index < -0.39 is 11.3 Å². The molecule has 0 aromatic heterocycles. The van der Waals surface area contributed by atoms with Crippen LogP contribution in [0.1, 0.15) is 6.92 Å².